The zero-order valence-corrected chi connectivity index (χ0v) is 14.9. The largest absolute Gasteiger partial charge is 0.368 e. The zero-order valence-electron chi connectivity index (χ0n) is 14.9. The Balaban J connectivity index is 1.54. The number of piperazine rings is 1. The van der Waals surface area contributed by atoms with Gasteiger partial charge in [-0.05, 0) is 38.8 Å². The molecule has 2 saturated heterocycles. The highest BCUT2D eigenvalue weighted by molar-refractivity contribution is 5.86. The van der Waals surface area contributed by atoms with Gasteiger partial charge in [-0.15, -0.1) is 0 Å². The van der Waals surface area contributed by atoms with Crippen LogP contribution in [0.15, 0.2) is 0 Å². The molecule has 0 aromatic carbocycles. The van der Waals surface area contributed by atoms with Gasteiger partial charge in [0.15, 0.2) is 0 Å². The fourth-order valence-corrected chi connectivity index (χ4v) is 4.36. The molecule has 1 N–H and O–H groups in total. The predicted octanol–water partition coefficient (Wildman–Crippen LogP) is 1.01. The van der Waals surface area contributed by atoms with E-state index in [9.17, 15) is 9.59 Å². The van der Waals surface area contributed by atoms with Crippen molar-refractivity contribution in [1.82, 2.24) is 15.1 Å². The Morgan fingerprint density at radius 2 is 1.54 bits per heavy atom. The molecule has 2 amide bonds. The molecule has 0 spiro atoms. The van der Waals surface area contributed by atoms with Crippen molar-refractivity contribution in [3.05, 3.63) is 0 Å². The van der Waals surface area contributed by atoms with Crippen molar-refractivity contribution < 1.29 is 14.3 Å². The van der Waals surface area contributed by atoms with Gasteiger partial charge in [-0.1, -0.05) is 19.3 Å². The summed E-state index contributed by atoms with van der Waals surface area (Å²) >= 11 is 0. The summed E-state index contributed by atoms with van der Waals surface area (Å²) in [6.45, 7) is 4.24. The summed E-state index contributed by atoms with van der Waals surface area (Å²) in [4.78, 5) is 29.5. The number of methoxy groups -OCH3 is 1. The van der Waals surface area contributed by atoms with E-state index >= 15 is 0 Å². The summed E-state index contributed by atoms with van der Waals surface area (Å²) in [5.74, 6) is 0.636. The number of nitrogens with zero attached hydrogens (tertiary/aromatic N) is 2. The Labute approximate surface area is 144 Å². The first kappa shape index (κ1) is 17.7. The summed E-state index contributed by atoms with van der Waals surface area (Å²) in [6.07, 6.45) is 7.15. The lowest BCUT2D eigenvalue weighted by atomic mass is 9.88. The number of hydrogen-bond acceptors (Lipinski definition) is 4. The lowest BCUT2D eigenvalue weighted by Gasteiger charge is -2.42. The van der Waals surface area contributed by atoms with E-state index in [0.29, 0.717) is 32.1 Å². The molecule has 3 aliphatic rings. The summed E-state index contributed by atoms with van der Waals surface area (Å²) < 4.78 is 5.65. The molecule has 1 saturated carbocycles. The van der Waals surface area contributed by atoms with Crippen molar-refractivity contribution >= 4 is 11.8 Å². The Morgan fingerprint density at radius 3 is 2.12 bits per heavy atom. The van der Waals surface area contributed by atoms with Crippen molar-refractivity contribution in [1.29, 1.82) is 0 Å². The highest BCUT2D eigenvalue weighted by atomic mass is 16.5. The van der Waals surface area contributed by atoms with Crippen molar-refractivity contribution in [2.45, 2.75) is 50.5 Å². The monoisotopic (exact) mass is 337 g/mol. The van der Waals surface area contributed by atoms with Crippen LogP contribution in [0.3, 0.4) is 0 Å². The van der Waals surface area contributed by atoms with Crippen LogP contribution in [0.5, 0.6) is 0 Å². The second kappa shape index (κ2) is 7.83. The molecule has 1 aliphatic carbocycles. The Bertz CT molecular complexity index is 448. The van der Waals surface area contributed by atoms with E-state index in [4.69, 9.17) is 4.74 Å². The van der Waals surface area contributed by atoms with E-state index in [0.717, 1.165) is 38.8 Å². The highest BCUT2D eigenvalue weighted by Gasteiger charge is 2.43. The van der Waals surface area contributed by atoms with Crippen LogP contribution in [-0.2, 0) is 14.3 Å². The molecule has 0 atom stereocenters. The molecule has 0 bridgehead atoms. The number of carbonyl (C=O) groups is 2. The number of hydrogen-bond donors (Lipinski definition) is 1. The van der Waals surface area contributed by atoms with Crippen LogP contribution in [0.4, 0.5) is 0 Å². The van der Waals surface area contributed by atoms with Crippen molar-refractivity contribution in [2.24, 2.45) is 5.92 Å². The maximum Gasteiger partial charge on any atom is 0.255 e. The average molecular weight is 337 g/mol. The topological polar surface area (TPSA) is 61.9 Å². The van der Waals surface area contributed by atoms with Crippen molar-refractivity contribution in [3.63, 3.8) is 0 Å². The quantitative estimate of drug-likeness (QED) is 0.835. The van der Waals surface area contributed by atoms with Gasteiger partial charge < -0.3 is 19.9 Å². The second-order valence-electron chi connectivity index (χ2n) is 7.40. The first-order valence-electron chi connectivity index (χ1n) is 9.50. The molecule has 0 unspecified atom stereocenters. The maximum atomic E-state index is 13.0. The molecule has 136 valence electrons. The minimum absolute atomic E-state index is 0.108. The Kier molecular flexibility index (Phi) is 5.76. The van der Waals surface area contributed by atoms with Crippen LogP contribution in [0, 0.1) is 5.92 Å². The van der Waals surface area contributed by atoms with E-state index in [2.05, 4.69) is 5.32 Å². The summed E-state index contributed by atoms with van der Waals surface area (Å²) in [5.41, 5.74) is -0.666. The molecule has 24 heavy (non-hydrogen) atoms. The average Bonchev–Trinajstić information content (AvgIpc) is 2.68. The van der Waals surface area contributed by atoms with Crippen molar-refractivity contribution in [2.75, 3.05) is 46.4 Å². The normalized spacial score (nSPS) is 25.5. The first-order valence-corrected chi connectivity index (χ1v) is 9.50. The van der Waals surface area contributed by atoms with E-state index in [1.54, 1.807) is 7.11 Å². The van der Waals surface area contributed by atoms with Crippen LogP contribution < -0.4 is 5.32 Å². The number of amides is 2. The first-order chi connectivity index (χ1) is 11.7. The summed E-state index contributed by atoms with van der Waals surface area (Å²) in [6, 6.07) is 0. The smallest absolute Gasteiger partial charge is 0.255 e. The van der Waals surface area contributed by atoms with Gasteiger partial charge in [0.05, 0.1) is 0 Å². The molecular formula is C18H31N3O3. The molecule has 2 aliphatic heterocycles. The molecule has 3 rings (SSSR count). The summed E-state index contributed by atoms with van der Waals surface area (Å²) in [5, 5.41) is 3.29. The van der Waals surface area contributed by atoms with Gasteiger partial charge >= 0.3 is 0 Å². The van der Waals surface area contributed by atoms with Crippen LogP contribution in [-0.4, -0.2) is 73.6 Å². The van der Waals surface area contributed by atoms with Crippen molar-refractivity contribution in [3.8, 4) is 0 Å². The van der Waals surface area contributed by atoms with Gasteiger partial charge in [-0.25, -0.2) is 0 Å². The molecule has 3 fully saturated rings. The molecule has 2 heterocycles. The molecule has 6 heteroatoms. The third-order valence-corrected chi connectivity index (χ3v) is 6.02. The van der Waals surface area contributed by atoms with Gasteiger partial charge in [0.2, 0.25) is 5.91 Å². The number of nitrogens with one attached hydrogen (secondary N) is 1. The third kappa shape index (κ3) is 3.59. The number of rotatable bonds is 3. The van der Waals surface area contributed by atoms with Gasteiger partial charge in [0.25, 0.3) is 5.91 Å². The van der Waals surface area contributed by atoms with Gasteiger partial charge in [-0.2, -0.15) is 0 Å². The number of piperidine rings is 1. The number of carbonyl (C=O) groups excluding carboxylic acids is 2. The Hall–Kier alpha value is -1.14. The van der Waals surface area contributed by atoms with Gasteiger partial charge in [0, 0.05) is 39.2 Å². The van der Waals surface area contributed by atoms with E-state index in [1.165, 1.54) is 19.3 Å². The van der Waals surface area contributed by atoms with E-state index in [1.807, 2.05) is 9.80 Å². The minimum Gasteiger partial charge on any atom is -0.368 e. The van der Waals surface area contributed by atoms with Crippen LogP contribution >= 0.6 is 0 Å². The zero-order chi connectivity index (χ0) is 17.0. The molecule has 0 radical (unpaired) electrons. The number of ether oxygens (including phenoxy) is 1. The third-order valence-electron chi connectivity index (χ3n) is 6.02. The maximum absolute atomic E-state index is 13.0. The lowest BCUT2D eigenvalue weighted by Crippen LogP contribution is -2.60. The predicted molar refractivity (Wildman–Crippen MR) is 91.6 cm³/mol. The Morgan fingerprint density at radius 1 is 0.958 bits per heavy atom. The SMILES string of the molecule is COC1(C(=O)N2CCN(C(=O)C3CCCCC3)CC2)CCNCC1. The second-order valence-corrected chi connectivity index (χ2v) is 7.40. The van der Waals surface area contributed by atoms with Gasteiger partial charge in [0.1, 0.15) is 5.60 Å². The molecule has 0 aromatic heterocycles. The lowest BCUT2D eigenvalue weighted by molar-refractivity contribution is -0.161. The fourth-order valence-electron chi connectivity index (χ4n) is 4.36. The van der Waals surface area contributed by atoms with Gasteiger partial charge in [-0.3, -0.25) is 9.59 Å². The standard InChI is InChI=1S/C18H31N3O3/c1-24-18(7-9-19-10-8-18)17(23)21-13-11-20(12-14-21)16(22)15-5-3-2-4-6-15/h15,19H,2-14H2,1H3. The highest BCUT2D eigenvalue weighted by Crippen LogP contribution is 2.28. The van der Waals surface area contributed by atoms with E-state index < -0.39 is 5.60 Å². The van der Waals surface area contributed by atoms with Crippen LogP contribution in [0.1, 0.15) is 44.9 Å². The van der Waals surface area contributed by atoms with E-state index in [-0.39, 0.29) is 11.8 Å². The minimum atomic E-state index is -0.666. The molecule has 6 nitrogen and oxygen atoms in total. The fraction of sp³-hybridized carbons (Fsp3) is 0.889. The molecular weight excluding hydrogens is 306 g/mol. The van der Waals surface area contributed by atoms with Crippen LogP contribution in [0.2, 0.25) is 0 Å². The van der Waals surface area contributed by atoms with Crippen LogP contribution in [0.25, 0.3) is 0 Å². The summed E-state index contributed by atoms with van der Waals surface area (Å²) in [7, 11) is 1.64. The molecule has 0 aromatic rings.